The first kappa shape index (κ1) is 21.9. The second-order valence-electron chi connectivity index (χ2n) is 7.05. The highest BCUT2D eigenvalue weighted by Gasteiger charge is 2.39. The maximum atomic E-state index is 10.4. The molecule has 0 unspecified atom stereocenters. The van der Waals surface area contributed by atoms with Gasteiger partial charge in [0.25, 0.3) is 0 Å². The SMILES string of the molecule is CCCCC[C@H]1[C@H](/C=C/[C@H](O)C/C=C\CCCC(=O)O)[C@@H](O)C[C@H]1O. The molecule has 1 aliphatic rings. The predicted octanol–water partition coefficient (Wildman–Crippen LogP) is 3.04. The normalized spacial score (nSPS) is 28.2. The van der Waals surface area contributed by atoms with Gasteiger partial charge in [0.2, 0.25) is 0 Å². The largest absolute Gasteiger partial charge is 0.481 e. The molecule has 0 aromatic carbocycles. The number of carboxylic acid groups (broad SMARTS) is 1. The lowest BCUT2D eigenvalue weighted by atomic mass is 9.88. The summed E-state index contributed by atoms with van der Waals surface area (Å²) >= 11 is 0. The molecule has 0 aliphatic heterocycles. The van der Waals surface area contributed by atoms with Crippen molar-refractivity contribution in [1.82, 2.24) is 0 Å². The fourth-order valence-corrected chi connectivity index (χ4v) is 3.47. The Bertz CT molecular complexity index is 432. The minimum atomic E-state index is -0.790. The number of allylic oxidation sites excluding steroid dienone is 1. The molecule has 144 valence electrons. The third kappa shape index (κ3) is 8.66. The number of unbranched alkanes of at least 4 members (excludes halogenated alkanes) is 3. The summed E-state index contributed by atoms with van der Waals surface area (Å²) in [6.45, 7) is 2.14. The minimum Gasteiger partial charge on any atom is -0.481 e. The fourth-order valence-electron chi connectivity index (χ4n) is 3.47. The van der Waals surface area contributed by atoms with E-state index in [1.165, 1.54) is 0 Å². The van der Waals surface area contributed by atoms with E-state index in [1.54, 1.807) is 6.08 Å². The van der Waals surface area contributed by atoms with Gasteiger partial charge in [-0.25, -0.2) is 0 Å². The van der Waals surface area contributed by atoms with Crippen molar-refractivity contribution in [2.24, 2.45) is 11.8 Å². The molecule has 0 aromatic heterocycles. The van der Waals surface area contributed by atoms with Gasteiger partial charge in [-0.3, -0.25) is 4.79 Å². The quantitative estimate of drug-likeness (QED) is 0.319. The number of aliphatic carboxylic acids is 1. The number of hydrogen-bond acceptors (Lipinski definition) is 4. The molecule has 5 nitrogen and oxygen atoms in total. The monoisotopic (exact) mass is 354 g/mol. The molecule has 5 atom stereocenters. The topological polar surface area (TPSA) is 98.0 Å². The van der Waals surface area contributed by atoms with Gasteiger partial charge in [0.15, 0.2) is 0 Å². The lowest BCUT2D eigenvalue weighted by Gasteiger charge is -2.21. The van der Waals surface area contributed by atoms with Crippen LogP contribution in [0.15, 0.2) is 24.3 Å². The molecule has 1 rings (SSSR count). The number of rotatable bonds is 12. The molecule has 1 saturated carbocycles. The Morgan fingerprint density at radius 2 is 1.92 bits per heavy atom. The maximum Gasteiger partial charge on any atom is 0.303 e. The third-order valence-corrected chi connectivity index (χ3v) is 4.92. The number of aliphatic hydroxyl groups excluding tert-OH is 3. The zero-order valence-corrected chi connectivity index (χ0v) is 15.3. The summed E-state index contributed by atoms with van der Waals surface area (Å²) < 4.78 is 0. The summed E-state index contributed by atoms with van der Waals surface area (Å²) in [6.07, 6.45) is 12.2. The summed E-state index contributed by atoms with van der Waals surface area (Å²) in [6, 6.07) is 0. The molecule has 0 heterocycles. The first-order valence-electron chi connectivity index (χ1n) is 9.55. The minimum absolute atomic E-state index is 0.0663. The Morgan fingerprint density at radius 1 is 1.16 bits per heavy atom. The van der Waals surface area contributed by atoms with Crippen molar-refractivity contribution in [3.05, 3.63) is 24.3 Å². The van der Waals surface area contributed by atoms with E-state index >= 15 is 0 Å². The van der Waals surface area contributed by atoms with Gasteiger partial charge < -0.3 is 20.4 Å². The fraction of sp³-hybridized carbons (Fsp3) is 0.750. The molecule has 0 saturated heterocycles. The molecule has 0 spiro atoms. The van der Waals surface area contributed by atoms with E-state index in [1.807, 2.05) is 18.2 Å². The van der Waals surface area contributed by atoms with Crippen LogP contribution in [-0.4, -0.2) is 44.7 Å². The maximum absolute atomic E-state index is 10.4. The van der Waals surface area contributed by atoms with Crippen molar-refractivity contribution >= 4 is 5.97 Å². The van der Waals surface area contributed by atoms with Gasteiger partial charge in [0.1, 0.15) is 0 Å². The summed E-state index contributed by atoms with van der Waals surface area (Å²) in [4.78, 5) is 10.4. The zero-order chi connectivity index (χ0) is 18.7. The number of aliphatic hydroxyl groups is 3. The first-order valence-corrected chi connectivity index (χ1v) is 9.55. The van der Waals surface area contributed by atoms with Gasteiger partial charge >= 0.3 is 5.97 Å². The standard InChI is InChI=1S/C20H34O5/c1-2-3-6-10-16-17(19(23)14-18(16)22)13-12-15(21)9-7-4-5-8-11-20(24)25/h4,7,12-13,15-19,21-23H,2-3,5-6,8-11,14H2,1H3,(H,24,25)/b7-4-,13-12+/t15-,16+,17+,18-,19+/m1/s1. The summed E-state index contributed by atoms with van der Waals surface area (Å²) in [5, 5.41) is 38.9. The van der Waals surface area contributed by atoms with Crippen molar-refractivity contribution in [2.75, 3.05) is 0 Å². The van der Waals surface area contributed by atoms with Crippen molar-refractivity contribution in [1.29, 1.82) is 0 Å². The molecular weight excluding hydrogens is 320 g/mol. The Balaban J connectivity index is 2.39. The summed E-state index contributed by atoms with van der Waals surface area (Å²) in [7, 11) is 0. The molecule has 25 heavy (non-hydrogen) atoms. The van der Waals surface area contributed by atoms with Crippen molar-refractivity contribution in [2.45, 2.75) is 83.0 Å². The van der Waals surface area contributed by atoms with Gasteiger partial charge in [-0.05, 0) is 31.6 Å². The molecule has 0 amide bonds. The van der Waals surface area contributed by atoms with E-state index < -0.39 is 24.3 Å². The van der Waals surface area contributed by atoms with Crippen LogP contribution in [0.5, 0.6) is 0 Å². The highest BCUT2D eigenvalue weighted by Crippen LogP contribution is 2.37. The van der Waals surface area contributed by atoms with Crippen LogP contribution in [0.1, 0.15) is 64.7 Å². The Labute approximate surface area is 151 Å². The second kappa shape index (κ2) is 12.2. The summed E-state index contributed by atoms with van der Waals surface area (Å²) in [5.41, 5.74) is 0. The van der Waals surface area contributed by atoms with E-state index in [2.05, 4.69) is 6.92 Å². The number of carbonyl (C=O) groups is 1. The van der Waals surface area contributed by atoms with Crippen LogP contribution in [0.4, 0.5) is 0 Å². The van der Waals surface area contributed by atoms with E-state index in [0.717, 1.165) is 25.7 Å². The zero-order valence-electron chi connectivity index (χ0n) is 15.3. The smallest absolute Gasteiger partial charge is 0.303 e. The average Bonchev–Trinajstić information content (AvgIpc) is 2.82. The molecule has 0 bridgehead atoms. The number of hydrogen-bond donors (Lipinski definition) is 4. The molecule has 1 fully saturated rings. The van der Waals surface area contributed by atoms with Crippen LogP contribution in [0.2, 0.25) is 0 Å². The van der Waals surface area contributed by atoms with Crippen LogP contribution in [0, 0.1) is 11.8 Å². The van der Waals surface area contributed by atoms with Crippen LogP contribution >= 0.6 is 0 Å². The van der Waals surface area contributed by atoms with Gasteiger partial charge in [-0.2, -0.15) is 0 Å². The van der Waals surface area contributed by atoms with Gasteiger partial charge in [0.05, 0.1) is 18.3 Å². The van der Waals surface area contributed by atoms with E-state index in [4.69, 9.17) is 5.11 Å². The van der Waals surface area contributed by atoms with Crippen LogP contribution < -0.4 is 0 Å². The van der Waals surface area contributed by atoms with Crippen molar-refractivity contribution in [3.63, 3.8) is 0 Å². The van der Waals surface area contributed by atoms with E-state index in [-0.39, 0.29) is 18.3 Å². The predicted molar refractivity (Wildman–Crippen MR) is 98.1 cm³/mol. The molecule has 1 aliphatic carbocycles. The van der Waals surface area contributed by atoms with Gasteiger partial charge in [-0.15, -0.1) is 0 Å². The van der Waals surface area contributed by atoms with Crippen LogP contribution in [0.3, 0.4) is 0 Å². The van der Waals surface area contributed by atoms with Crippen LogP contribution in [0.25, 0.3) is 0 Å². The Morgan fingerprint density at radius 3 is 2.60 bits per heavy atom. The second-order valence-corrected chi connectivity index (χ2v) is 7.05. The van der Waals surface area contributed by atoms with Crippen molar-refractivity contribution in [3.8, 4) is 0 Å². The molecule has 4 N–H and O–H groups in total. The average molecular weight is 354 g/mol. The molecule has 0 radical (unpaired) electrons. The lowest BCUT2D eigenvalue weighted by Crippen LogP contribution is -2.21. The highest BCUT2D eigenvalue weighted by molar-refractivity contribution is 5.66. The Hall–Kier alpha value is -1.17. The molecular formula is C20H34O5. The van der Waals surface area contributed by atoms with Crippen molar-refractivity contribution < 1.29 is 25.2 Å². The summed E-state index contributed by atoms with van der Waals surface area (Å²) in [5.74, 6) is -0.820. The van der Waals surface area contributed by atoms with E-state index in [0.29, 0.717) is 25.7 Å². The highest BCUT2D eigenvalue weighted by atomic mass is 16.4. The lowest BCUT2D eigenvalue weighted by molar-refractivity contribution is -0.137. The third-order valence-electron chi connectivity index (χ3n) is 4.92. The van der Waals surface area contributed by atoms with Gasteiger partial charge in [0, 0.05) is 18.8 Å². The van der Waals surface area contributed by atoms with Gasteiger partial charge in [-0.1, -0.05) is 50.5 Å². The van der Waals surface area contributed by atoms with E-state index in [9.17, 15) is 20.1 Å². The van der Waals surface area contributed by atoms with Crippen LogP contribution in [-0.2, 0) is 4.79 Å². The Kier molecular flexibility index (Phi) is 10.7. The molecule has 0 aromatic rings. The molecule has 5 heteroatoms. The first-order chi connectivity index (χ1) is 12.0. The number of carboxylic acids is 1.